The number of nitrogens with one attached hydrogen (secondary N) is 2. The molecule has 1 aliphatic heterocycles. The number of anilines is 3. The Labute approximate surface area is 188 Å². The van der Waals surface area contributed by atoms with Crippen LogP contribution in [-0.2, 0) is 4.79 Å². The van der Waals surface area contributed by atoms with Crippen LogP contribution < -0.4 is 15.4 Å². The molecule has 1 fully saturated rings. The molecule has 8 heteroatoms. The summed E-state index contributed by atoms with van der Waals surface area (Å²) in [6, 6.07) is 13.2. The van der Waals surface area contributed by atoms with Crippen molar-refractivity contribution in [3.05, 3.63) is 66.1 Å². The highest BCUT2D eigenvalue weighted by molar-refractivity contribution is 5.92. The highest BCUT2D eigenvalue weighted by Gasteiger charge is 2.24. The van der Waals surface area contributed by atoms with E-state index in [1.165, 1.54) is 0 Å². The topological polar surface area (TPSA) is 92.3 Å². The average Bonchev–Trinajstić information content (AvgIpc) is 2.81. The molecule has 2 aromatic heterocycles. The van der Waals surface area contributed by atoms with Crippen molar-refractivity contribution in [2.45, 2.75) is 25.7 Å². The van der Waals surface area contributed by atoms with Gasteiger partial charge in [-0.15, -0.1) is 0 Å². The van der Waals surface area contributed by atoms with Crippen LogP contribution in [0.1, 0.15) is 30.0 Å². The molecular formula is C24H28N6O2. The molecule has 0 spiro atoms. The van der Waals surface area contributed by atoms with Crippen LogP contribution in [0.3, 0.4) is 0 Å². The lowest BCUT2D eigenvalue weighted by atomic mass is 9.94. The zero-order chi connectivity index (χ0) is 22.3. The lowest BCUT2D eigenvalue weighted by Gasteiger charge is -2.32. The van der Waals surface area contributed by atoms with Gasteiger partial charge in [0.15, 0.2) is 0 Å². The van der Waals surface area contributed by atoms with E-state index in [9.17, 15) is 4.79 Å². The summed E-state index contributed by atoms with van der Waals surface area (Å²) in [4.78, 5) is 28.2. The number of carbonyl (C=O) groups excluding carboxylic acids is 1. The van der Waals surface area contributed by atoms with Gasteiger partial charge in [-0.05, 0) is 68.3 Å². The van der Waals surface area contributed by atoms with Gasteiger partial charge in [0.25, 0.3) is 0 Å². The van der Waals surface area contributed by atoms with Crippen molar-refractivity contribution in [1.82, 2.24) is 19.9 Å². The first kappa shape index (κ1) is 21.7. The third-order valence-corrected chi connectivity index (χ3v) is 5.58. The number of methoxy groups -OCH3 is 1. The predicted octanol–water partition coefficient (Wildman–Crippen LogP) is 3.75. The number of ether oxygens (including phenoxy) is 1. The normalized spacial score (nSPS) is 16.4. The fraction of sp³-hybridized carbons (Fsp3) is 0.333. The van der Waals surface area contributed by atoms with Crippen molar-refractivity contribution in [2.24, 2.45) is 0 Å². The zero-order valence-electron chi connectivity index (χ0n) is 18.4. The van der Waals surface area contributed by atoms with Gasteiger partial charge in [0, 0.05) is 30.5 Å². The van der Waals surface area contributed by atoms with Gasteiger partial charge < -0.3 is 15.4 Å². The summed E-state index contributed by atoms with van der Waals surface area (Å²) in [6.07, 6.45) is 5.58. The zero-order valence-corrected chi connectivity index (χ0v) is 18.4. The Morgan fingerprint density at radius 2 is 2.00 bits per heavy atom. The Bertz CT molecular complexity index is 1060. The number of piperidine rings is 1. The number of nitrogens with zero attached hydrogens (tertiary/aromatic N) is 4. The number of rotatable bonds is 7. The van der Waals surface area contributed by atoms with E-state index in [1.807, 2.05) is 49.4 Å². The first-order valence-corrected chi connectivity index (χ1v) is 10.8. The Morgan fingerprint density at radius 1 is 1.16 bits per heavy atom. The Morgan fingerprint density at radius 3 is 2.78 bits per heavy atom. The second kappa shape index (κ2) is 10.2. The molecule has 3 heterocycles. The molecule has 2 N–H and O–H groups in total. The van der Waals surface area contributed by atoms with Crippen LogP contribution in [0.25, 0.3) is 0 Å². The smallest absolute Gasteiger partial charge is 0.238 e. The van der Waals surface area contributed by atoms with Crippen molar-refractivity contribution in [3.63, 3.8) is 0 Å². The summed E-state index contributed by atoms with van der Waals surface area (Å²) < 4.78 is 5.16. The van der Waals surface area contributed by atoms with E-state index in [0.29, 0.717) is 12.5 Å². The largest absolute Gasteiger partial charge is 0.497 e. The van der Waals surface area contributed by atoms with Crippen molar-refractivity contribution in [3.8, 4) is 5.75 Å². The molecule has 32 heavy (non-hydrogen) atoms. The highest BCUT2D eigenvalue weighted by atomic mass is 16.5. The second-order valence-electron chi connectivity index (χ2n) is 7.95. The minimum absolute atomic E-state index is 0.0218. The number of carbonyl (C=O) groups is 1. The summed E-state index contributed by atoms with van der Waals surface area (Å²) >= 11 is 0. The first-order valence-electron chi connectivity index (χ1n) is 10.8. The molecule has 0 saturated carbocycles. The second-order valence-corrected chi connectivity index (χ2v) is 7.95. The van der Waals surface area contributed by atoms with Crippen LogP contribution in [0.4, 0.5) is 17.5 Å². The summed E-state index contributed by atoms with van der Waals surface area (Å²) in [6.45, 7) is 4.03. The van der Waals surface area contributed by atoms with Crippen molar-refractivity contribution >= 4 is 23.4 Å². The molecule has 0 unspecified atom stereocenters. The van der Waals surface area contributed by atoms with Crippen LogP contribution >= 0.6 is 0 Å². The van der Waals surface area contributed by atoms with Gasteiger partial charge in [0.2, 0.25) is 11.9 Å². The van der Waals surface area contributed by atoms with E-state index in [1.54, 1.807) is 19.5 Å². The van der Waals surface area contributed by atoms with Crippen LogP contribution in [0.15, 0.2) is 54.9 Å². The minimum Gasteiger partial charge on any atom is -0.497 e. The average molecular weight is 433 g/mol. The fourth-order valence-electron chi connectivity index (χ4n) is 3.90. The molecule has 166 valence electrons. The lowest BCUT2D eigenvalue weighted by Crippen LogP contribution is -2.40. The molecular weight excluding hydrogens is 404 g/mol. The van der Waals surface area contributed by atoms with Crippen molar-refractivity contribution < 1.29 is 9.53 Å². The number of hydrogen-bond acceptors (Lipinski definition) is 7. The predicted molar refractivity (Wildman–Crippen MR) is 124 cm³/mol. The van der Waals surface area contributed by atoms with Gasteiger partial charge in [-0.2, -0.15) is 0 Å². The summed E-state index contributed by atoms with van der Waals surface area (Å²) in [5, 5.41) is 6.17. The van der Waals surface area contributed by atoms with E-state index in [0.717, 1.165) is 54.4 Å². The van der Waals surface area contributed by atoms with Gasteiger partial charge in [0.05, 0.1) is 19.3 Å². The molecule has 1 aromatic carbocycles. The number of benzene rings is 1. The number of aryl methyl sites for hydroxylation is 1. The van der Waals surface area contributed by atoms with Crippen LogP contribution in [-0.4, -0.2) is 52.5 Å². The molecule has 8 nitrogen and oxygen atoms in total. The van der Waals surface area contributed by atoms with Gasteiger partial charge in [-0.3, -0.25) is 9.69 Å². The Balaban J connectivity index is 1.36. The number of pyridine rings is 1. The highest BCUT2D eigenvalue weighted by Crippen LogP contribution is 2.26. The molecule has 1 atom stereocenters. The molecule has 4 rings (SSSR count). The maximum Gasteiger partial charge on any atom is 0.238 e. The van der Waals surface area contributed by atoms with Crippen molar-refractivity contribution in [1.29, 1.82) is 0 Å². The number of hydrogen-bond donors (Lipinski definition) is 2. The van der Waals surface area contributed by atoms with E-state index in [2.05, 4.69) is 25.5 Å². The number of aromatic nitrogens is 3. The number of amides is 1. The fourth-order valence-corrected chi connectivity index (χ4v) is 3.90. The van der Waals surface area contributed by atoms with Crippen LogP contribution in [0.2, 0.25) is 0 Å². The maximum atomic E-state index is 12.5. The number of likely N-dealkylation sites (tertiary alicyclic amines) is 1. The SMILES string of the molecule is COc1ccc(NC(=O)CN2CCC[C@@H](c3ccnc(Nc4ncccc4C)n3)C2)cc1. The standard InChI is InChI=1S/C24H28N6O2/c1-17-5-3-12-25-23(17)29-24-26-13-11-21(28-24)18-6-4-14-30(15-18)16-22(31)27-19-7-9-20(32-2)10-8-19/h3,5,7-13,18H,4,6,14-16H2,1-2H3,(H,27,31)(H,25,26,28,29)/t18-/m1/s1. The van der Waals surface area contributed by atoms with E-state index in [4.69, 9.17) is 9.72 Å². The van der Waals surface area contributed by atoms with Gasteiger partial charge in [0.1, 0.15) is 11.6 Å². The molecule has 1 amide bonds. The molecule has 0 aliphatic carbocycles. The Hall–Kier alpha value is -3.52. The summed E-state index contributed by atoms with van der Waals surface area (Å²) in [5.74, 6) is 2.29. The minimum atomic E-state index is -0.0218. The van der Waals surface area contributed by atoms with Crippen molar-refractivity contribution in [2.75, 3.05) is 37.4 Å². The molecule has 3 aromatic rings. The van der Waals surface area contributed by atoms with Gasteiger partial charge in [-0.1, -0.05) is 6.07 Å². The quantitative estimate of drug-likeness (QED) is 0.587. The van der Waals surface area contributed by atoms with E-state index >= 15 is 0 Å². The maximum absolute atomic E-state index is 12.5. The van der Waals surface area contributed by atoms with Gasteiger partial charge >= 0.3 is 0 Å². The summed E-state index contributed by atoms with van der Waals surface area (Å²) in [5.41, 5.74) is 2.78. The molecule has 1 saturated heterocycles. The summed E-state index contributed by atoms with van der Waals surface area (Å²) in [7, 11) is 1.62. The third kappa shape index (κ3) is 5.59. The van der Waals surface area contributed by atoms with E-state index in [-0.39, 0.29) is 11.8 Å². The van der Waals surface area contributed by atoms with Crippen LogP contribution in [0, 0.1) is 6.92 Å². The lowest BCUT2D eigenvalue weighted by molar-refractivity contribution is -0.117. The first-order chi connectivity index (χ1) is 15.6. The monoisotopic (exact) mass is 432 g/mol. The molecule has 0 radical (unpaired) electrons. The van der Waals surface area contributed by atoms with Crippen LogP contribution in [0.5, 0.6) is 5.75 Å². The molecule has 1 aliphatic rings. The van der Waals surface area contributed by atoms with E-state index < -0.39 is 0 Å². The molecule has 0 bridgehead atoms. The Kier molecular flexibility index (Phi) is 6.91. The van der Waals surface area contributed by atoms with Gasteiger partial charge in [-0.25, -0.2) is 15.0 Å². The third-order valence-electron chi connectivity index (χ3n) is 5.58.